The zero-order chi connectivity index (χ0) is 94.5. The predicted molar refractivity (Wildman–Crippen MR) is 453 cm³/mol. The highest BCUT2D eigenvalue weighted by molar-refractivity contribution is 6.13. The van der Waals surface area contributed by atoms with Gasteiger partial charge >= 0.3 is 11.9 Å². The fourth-order valence-corrected chi connectivity index (χ4v) is 15.9. The number of phenolic OH excluding ortho intramolecular Hbond substituents is 1. The lowest BCUT2D eigenvalue weighted by molar-refractivity contribution is -0.345. The van der Waals surface area contributed by atoms with Crippen molar-refractivity contribution in [3.63, 3.8) is 0 Å². The van der Waals surface area contributed by atoms with Gasteiger partial charge in [0.2, 0.25) is 35.1 Å². The van der Waals surface area contributed by atoms with Crippen LogP contribution in [0.25, 0.3) is 32.7 Å². The molecule has 8 heterocycles. The summed E-state index contributed by atoms with van der Waals surface area (Å²) in [6.07, 6.45) is -7.39. The quantitative estimate of drug-likeness (QED) is 0.00413. The van der Waals surface area contributed by atoms with Crippen molar-refractivity contribution in [1.82, 2.24) is 41.0 Å². The number of terminal acetylenes is 1. The molecule has 14 N–H and O–H groups in total. The minimum Gasteiger partial charge on any atom is -0.508 e. The van der Waals surface area contributed by atoms with Gasteiger partial charge in [-0.05, 0) is 105 Å². The Labute approximate surface area is 754 Å². The van der Waals surface area contributed by atoms with E-state index in [1.54, 1.807) is 29.7 Å². The smallest absolute Gasteiger partial charge is 0.355 e. The molecule has 1 aromatic carbocycles. The molecule has 0 bridgehead atoms. The van der Waals surface area contributed by atoms with E-state index >= 15 is 0 Å². The first-order chi connectivity index (χ1) is 63.2. The molecular weight excluding hydrogens is 1730 g/mol. The van der Waals surface area contributed by atoms with Crippen LogP contribution >= 0.6 is 0 Å². The monoisotopic (exact) mass is 1850 g/mol. The van der Waals surface area contributed by atoms with Gasteiger partial charge in [-0.3, -0.25) is 48.1 Å². The first-order valence-electron chi connectivity index (χ1n) is 44.1. The number of aliphatic hydroxyl groups is 8. The molecule has 0 unspecified atom stereocenters. The molecule has 7 amide bonds. The van der Waals surface area contributed by atoms with Gasteiger partial charge in [-0.2, -0.15) is 0 Å². The number of phenols is 1. The summed E-state index contributed by atoms with van der Waals surface area (Å²) in [7, 11) is 1.26. The third-order valence-electron chi connectivity index (χ3n) is 23.0. The number of carbonyl (C=O) groups excluding carboxylic acids is 9. The lowest BCUT2D eigenvalue weighted by atomic mass is 9.81. The minimum absolute atomic E-state index is 0.0320. The number of cyclic esters (lactones) is 1. The van der Waals surface area contributed by atoms with Gasteiger partial charge in [0.05, 0.1) is 108 Å². The molecule has 6 aliphatic heterocycles. The van der Waals surface area contributed by atoms with Gasteiger partial charge in [0.15, 0.2) is 18.9 Å². The largest absolute Gasteiger partial charge is 0.508 e. The molecule has 0 radical (unpaired) electrons. The molecule has 726 valence electrons. The number of carbonyl (C=O) groups is 9. The van der Waals surface area contributed by atoms with Crippen molar-refractivity contribution in [2.24, 2.45) is 17.0 Å². The third kappa shape index (κ3) is 30.0. The fraction of sp³-hybridized carbons (Fsp3) is 0.686. The van der Waals surface area contributed by atoms with Crippen molar-refractivity contribution in [3.05, 3.63) is 79.5 Å². The molecule has 45 heteroatoms. The van der Waals surface area contributed by atoms with Crippen LogP contribution in [0.2, 0.25) is 0 Å². The highest BCUT2D eigenvalue weighted by atomic mass is 16.8. The number of methoxy groups -OCH3 is 1. The number of aromatic hydroxyl groups is 1. The summed E-state index contributed by atoms with van der Waals surface area (Å²) in [6, 6.07) is 6.52. The van der Waals surface area contributed by atoms with Crippen LogP contribution in [0.1, 0.15) is 120 Å². The third-order valence-corrected chi connectivity index (χ3v) is 23.0. The molecule has 10 rings (SSSR count). The van der Waals surface area contributed by atoms with Gasteiger partial charge < -0.3 is 148 Å². The maximum Gasteiger partial charge on any atom is 0.355 e. The maximum atomic E-state index is 13.9. The molecular formula is C86H123N11O34. The number of imide groups is 1. The standard InChI is InChI=1S/C52H84N4O23.C34H39N7O11/c1-3-18-53-36(58)10-6-4-8-21-73-47-34(78-50(70-2)45(67)42(47)64)29-76-52-46(68)43(65)48(35(79-52)30-75-51-44(66)41(63)40(62)33(28-57)77-51)74-22-9-5-7-11-37(59)54-19-23-71-25-26-72-24-20-55-49(69)32-14-12-31(13-15-32)27-56-38(60)16-17-39(56)61;1-3-21-22-13-20(42)5-6-26(22)39-31-23(21)16-41-27(31)14-25-24(32(41)46)17-51-33(47)34(25,4-2)52-30(45)15-37-29(44)19-50-18-28(43)36-7-9-48-11-12-49-10-8-38-40-35/h1,16-17,31-35,40-48,50-52,57,62-68H,4-15,18-30H2,2H3,(H,53,58)(H,54,59)(H,55,69);5-6,13-14,42H,3-4,7-12,15-19H2,1-2H3,(H,36,43)(H,37,44)/t31?,32?,33-,34-,35-,40-,41-,42+,43+,44-,45-,46-,47-,48-,50+,51+,52+;34-/m10/s1. The van der Waals surface area contributed by atoms with Crippen molar-refractivity contribution in [2.75, 3.05) is 152 Å². The number of hydrogen-bond donors (Lipinski definition) is 14. The highest BCUT2D eigenvalue weighted by Gasteiger charge is 2.53. The average Bonchev–Trinajstić information content (AvgIpc) is 1.42. The van der Waals surface area contributed by atoms with Crippen LogP contribution in [0.3, 0.4) is 0 Å². The van der Waals surface area contributed by atoms with Gasteiger partial charge in [-0.25, -0.2) is 9.78 Å². The summed E-state index contributed by atoms with van der Waals surface area (Å²) in [4.78, 5) is 134. The van der Waals surface area contributed by atoms with E-state index in [1.165, 1.54) is 30.2 Å². The van der Waals surface area contributed by atoms with Gasteiger partial charge in [-0.1, -0.05) is 37.7 Å². The Balaban J connectivity index is 0.000000320. The maximum absolute atomic E-state index is 13.9. The van der Waals surface area contributed by atoms with Gasteiger partial charge in [-0.15, -0.1) is 6.42 Å². The number of pyridine rings is 2. The van der Waals surface area contributed by atoms with Crippen molar-refractivity contribution in [2.45, 2.75) is 215 Å². The van der Waals surface area contributed by atoms with Crippen molar-refractivity contribution in [1.29, 1.82) is 0 Å². The van der Waals surface area contributed by atoms with E-state index in [4.69, 9.17) is 88.0 Å². The molecule has 16 atom stereocenters. The van der Waals surface area contributed by atoms with E-state index in [0.717, 1.165) is 29.4 Å². The van der Waals surface area contributed by atoms with E-state index in [0.29, 0.717) is 108 Å². The summed E-state index contributed by atoms with van der Waals surface area (Å²) in [5.41, 5.74) is 9.58. The lowest BCUT2D eigenvalue weighted by Crippen LogP contribution is -2.63. The number of unbranched alkanes of at least 4 members (excludes halogenated alkanes) is 4. The number of esters is 2. The number of azide groups is 1. The Bertz CT molecular complexity index is 4430. The van der Waals surface area contributed by atoms with Gasteiger partial charge in [0.1, 0.15) is 105 Å². The van der Waals surface area contributed by atoms with E-state index in [-0.39, 0.29) is 163 Å². The van der Waals surface area contributed by atoms with Crippen molar-refractivity contribution in [3.8, 4) is 29.5 Å². The summed E-state index contributed by atoms with van der Waals surface area (Å²) in [5.74, 6) is -1.50. The Hall–Kier alpha value is -9.42. The number of ether oxygens (including phenoxy) is 15. The fourth-order valence-electron chi connectivity index (χ4n) is 15.9. The number of fused-ring (bicyclic) bond motifs is 5. The Kier molecular flexibility index (Phi) is 43.5. The number of hydrogen-bond acceptors (Lipinski definition) is 36. The topological polar surface area (TPSA) is 621 Å². The van der Waals surface area contributed by atoms with Crippen molar-refractivity contribution >= 4 is 64.2 Å². The predicted octanol–water partition coefficient (Wildman–Crippen LogP) is -2.51. The highest BCUT2D eigenvalue weighted by Crippen LogP contribution is 2.43. The number of rotatable bonds is 53. The first-order valence-corrected chi connectivity index (χ1v) is 44.1. The molecule has 4 fully saturated rings. The van der Waals surface area contributed by atoms with E-state index in [2.05, 4.69) is 42.5 Å². The molecule has 1 saturated carbocycles. The van der Waals surface area contributed by atoms with Crippen LogP contribution in [-0.2, 0) is 139 Å². The molecule has 7 aliphatic rings. The first kappa shape index (κ1) is 105. The zero-order valence-electron chi connectivity index (χ0n) is 73.6. The second-order valence-electron chi connectivity index (χ2n) is 31.9. The average molecular weight is 1850 g/mol. The second kappa shape index (κ2) is 54.1. The number of nitrogens with one attached hydrogen (secondary N) is 5. The van der Waals surface area contributed by atoms with Crippen LogP contribution in [0.15, 0.2) is 46.3 Å². The zero-order valence-corrected chi connectivity index (χ0v) is 73.6. The minimum atomic E-state index is -1.96. The molecule has 131 heavy (non-hydrogen) atoms. The number of aryl methyl sites for hydroxylation is 1. The molecule has 45 nitrogen and oxygen atoms in total. The van der Waals surface area contributed by atoms with Gasteiger partial charge in [0.25, 0.3) is 17.4 Å². The summed E-state index contributed by atoms with van der Waals surface area (Å²) < 4.78 is 85.7. The van der Waals surface area contributed by atoms with Crippen LogP contribution in [0, 0.1) is 24.2 Å². The Morgan fingerprint density at radius 2 is 1.18 bits per heavy atom. The van der Waals surface area contributed by atoms with E-state index in [1.807, 2.05) is 6.92 Å². The molecule has 0 spiro atoms. The number of aliphatic hydroxyl groups excluding tert-OH is 8. The van der Waals surface area contributed by atoms with E-state index < -0.39 is 167 Å². The summed E-state index contributed by atoms with van der Waals surface area (Å²) in [6.45, 7) is 4.23. The normalized spacial score (nSPS) is 26.0. The van der Waals surface area contributed by atoms with E-state index in [9.17, 15) is 93.9 Å². The van der Waals surface area contributed by atoms with Crippen LogP contribution in [0.4, 0.5) is 0 Å². The SMILES string of the molecule is C#CCNC(=O)CCCCCO[C@H]1[C@@H](O)[C@@H](O)[C@@H](OC)O[C@@H]1CO[C@H]1O[C@H](CO[C@H]2O[C@H](CO)[C@@H](O)[C@@H](O)[C@H]2O)[C@@H](OCCCCCC(=O)NCCOCCOCCNC(=O)C2CCC(CN3C(=O)C=CC3=O)CC2)[C@@H](O)[C@H]1O.CCc1c2c(nc3ccc(O)cc13)-c1cc3c(c(=O)n1C2)COC(=O)[C@@]3(CC)OC(=O)CNC(=O)COCC(=O)NCCOCCOCCN=[N+]=[N-]. The number of nitrogens with zero attached hydrogens (tertiary/aromatic N) is 6. The molecule has 2 aromatic heterocycles. The molecule has 3 saturated heterocycles. The van der Waals surface area contributed by atoms with Crippen LogP contribution < -0.4 is 32.1 Å². The summed E-state index contributed by atoms with van der Waals surface area (Å²) in [5, 5.41) is 113. The second-order valence-corrected chi connectivity index (χ2v) is 31.9. The summed E-state index contributed by atoms with van der Waals surface area (Å²) >= 11 is 0. The van der Waals surface area contributed by atoms with Crippen LogP contribution in [0.5, 0.6) is 5.75 Å². The Morgan fingerprint density at radius 3 is 1.76 bits per heavy atom. The van der Waals surface area contributed by atoms with Gasteiger partial charge in [0, 0.05) is 105 Å². The molecule has 1 aliphatic carbocycles. The van der Waals surface area contributed by atoms with Crippen LogP contribution in [-0.4, -0.2) is 358 Å². The lowest BCUT2D eigenvalue weighted by Gasteiger charge is -2.45. The Morgan fingerprint density at radius 1 is 0.626 bits per heavy atom. The molecule has 3 aromatic rings. The number of benzene rings is 1. The number of aromatic nitrogens is 2. The number of amides is 7. The van der Waals surface area contributed by atoms with Crippen molar-refractivity contribution < 1.29 is 160 Å².